The summed E-state index contributed by atoms with van der Waals surface area (Å²) in [5.41, 5.74) is 3.52. The zero-order valence-electron chi connectivity index (χ0n) is 23.8. The van der Waals surface area contributed by atoms with Gasteiger partial charge in [-0.25, -0.2) is 4.79 Å². The molecule has 0 saturated carbocycles. The molecular formula is C30H39ClN2O5P+. The minimum atomic E-state index is -3.68. The van der Waals surface area contributed by atoms with Crippen LogP contribution < -0.4 is 5.30 Å². The van der Waals surface area contributed by atoms with E-state index < -0.39 is 13.9 Å². The molecule has 1 heterocycles. The Bertz CT molecular complexity index is 1260. The number of benzene rings is 2. The van der Waals surface area contributed by atoms with Crippen LogP contribution in [0.15, 0.2) is 54.6 Å². The molecule has 0 aliphatic carbocycles. The van der Waals surface area contributed by atoms with Crippen molar-refractivity contribution in [2.24, 2.45) is 0 Å². The smallest absolute Gasteiger partial charge is 0.449 e. The van der Waals surface area contributed by atoms with E-state index in [9.17, 15) is 9.69 Å². The number of likely N-dealkylation sites (N-methyl/N-ethyl adjacent to an activating group) is 1. The predicted molar refractivity (Wildman–Crippen MR) is 158 cm³/mol. The maximum atomic E-state index is 13.7. The van der Waals surface area contributed by atoms with Gasteiger partial charge in [-0.1, -0.05) is 54.1 Å². The van der Waals surface area contributed by atoms with Crippen LogP contribution >= 0.6 is 19.5 Å². The number of carbonyl (C=O) groups is 1. The molecule has 210 valence electrons. The van der Waals surface area contributed by atoms with Gasteiger partial charge in [0.1, 0.15) is 18.8 Å². The van der Waals surface area contributed by atoms with Gasteiger partial charge in [0.15, 0.2) is 0 Å². The van der Waals surface area contributed by atoms with Gasteiger partial charge in [0.25, 0.3) is 0 Å². The first kappa shape index (κ1) is 31.2. The third-order valence-electron chi connectivity index (χ3n) is 5.84. The van der Waals surface area contributed by atoms with Crippen molar-refractivity contribution in [3.63, 3.8) is 0 Å². The van der Waals surface area contributed by atoms with E-state index >= 15 is 0 Å². The molecular weight excluding hydrogens is 535 g/mol. The van der Waals surface area contributed by atoms with Gasteiger partial charge in [-0.3, -0.25) is 9.88 Å². The quantitative estimate of drug-likeness (QED) is 0.195. The van der Waals surface area contributed by atoms with E-state index in [1.807, 2.05) is 59.0 Å². The highest BCUT2D eigenvalue weighted by Gasteiger charge is 2.51. The molecule has 0 aliphatic heterocycles. The average Bonchev–Trinajstić information content (AvgIpc) is 2.82. The predicted octanol–water partition coefficient (Wildman–Crippen LogP) is 6.54. The number of esters is 1. The maximum Gasteiger partial charge on any atom is 0.449 e. The molecule has 3 aromatic rings. The Morgan fingerprint density at radius 1 is 1.00 bits per heavy atom. The molecule has 0 atom stereocenters. The number of pyridine rings is 1. The topological polar surface area (TPSA) is 81.1 Å². The van der Waals surface area contributed by atoms with Gasteiger partial charge in [0.05, 0.1) is 22.5 Å². The lowest BCUT2D eigenvalue weighted by atomic mass is 9.98. The number of hydrogen-bond acceptors (Lipinski definition) is 7. The van der Waals surface area contributed by atoms with E-state index in [2.05, 4.69) is 22.0 Å². The number of aromatic nitrogens is 1. The normalized spacial score (nSPS) is 12.0. The van der Waals surface area contributed by atoms with Gasteiger partial charge >= 0.3 is 13.9 Å². The van der Waals surface area contributed by atoms with Crippen LogP contribution in [0.5, 0.6) is 0 Å². The highest BCUT2D eigenvalue weighted by atomic mass is 35.5. The second-order valence-corrected chi connectivity index (χ2v) is 12.4. The highest BCUT2D eigenvalue weighted by molar-refractivity contribution is 7.69. The number of halogens is 1. The molecule has 7 nitrogen and oxygen atoms in total. The Kier molecular flexibility index (Phi) is 11.0. The van der Waals surface area contributed by atoms with E-state index in [0.29, 0.717) is 39.4 Å². The van der Waals surface area contributed by atoms with Crippen molar-refractivity contribution in [1.29, 1.82) is 0 Å². The largest absolute Gasteiger partial charge is 0.461 e. The molecule has 0 fully saturated rings. The van der Waals surface area contributed by atoms with Crippen LogP contribution in [0.2, 0.25) is 5.02 Å². The summed E-state index contributed by atoms with van der Waals surface area (Å²) in [7, 11) is -1.70. The molecule has 9 heteroatoms. The van der Waals surface area contributed by atoms with Crippen LogP contribution in [-0.2, 0) is 20.3 Å². The molecule has 0 unspecified atom stereocenters. The summed E-state index contributed by atoms with van der Waals surface area (Å²) in [6, 6.07) is 17.2. The number of aryl methyl sites for hydroxylation is 2. The summed E-state index contributed by atoms with van der Waals surface area (Å²) >= 11 is 6.37. The lowest BCUT2D eigenvalue weighted by molar-refractivity contribution is 0.0470. The molecule has 0 saturated heterocycles. The number of carbonyl (C=O) groups excluding carboxylic acids is 1. The molecule has 0 spiro atoms. The molecule has 0 bridgehead atoms. The fourth-order valence-corrected chi connectivity index (χ4v) is 6.98. The summed E-state index contributed by atoms with van der Waals surface area (Å²) in [4.78, 5) is 32.3. The number of nitrogens with zero attached hydrogens (tertiary/aromatic N) is 2. The van der Waals surface area contributed by atoms with E-state index in [1.165, 1.54) is 5.56 Å². The number of hydrogen-bond donors (Lipinski definition) is 1. The Labute approximate surface area is 237 Å². The first-order chi connectivity index (χ1) is 18.4. The van der Waals surface area contributed by atoms with Crippen molar-refractivity contribution < 1.29 is 23.5 Å². The second kappa shape index (κ2) is 13.8. The fraction of sp³-hybridized carbons (Fsp3) is 0.400. The Morgan fingerprint density at radius 3 is 2.23 bits per heavy atom. The standard InChI is InChI=1S/C30H39ClN2O5P/c1-20(2)37-39(35,38-21(3)4)29-23(6)32-22(5)27(28(29)25-14-11-15-26(31)18-25)30(34)36-17-16-33(7)19-24-12-9-8-10-13-24/h8-15,18,20-21,35H,16-17,19H2,1-7H3/q+1. The summed E-state index contributed by atoms with van der Waals surface area (Å²) in [5, 5.41) is 0.842. The second-order valence-electron chi connectivity index (χ2n) is 10.1. The van der Waals surface area contributed by atoms with Gasteiger partial charge in [-0.05, 0) is 71.8 Å². The summed E-state index contributed by atoms with van der Waals surface area (Å²) in [5.74, 6) is -0.537. The number of rotatable bonds is 12. The Hall–Kier alpha value is -2.38. The van der Waals surface area contributed by atoms with Crippen LogP contribution in [0.4, 0.5) is 0 Å². The van der Waals surface area contributed by atoms with Gasteiger partial charge in [0.2, 0.25) is 5.30 Å². The zero-order valence-corrected chi connectivity index (χ0v) is 25.4. The van der Waals surface area contributed by atoms with Gasteiger partial charge < -0.3 is 4.74 Å². The van der Waals surface area contributed by atoms with Crippen LogP contribution in [0.1, 0.15) is 55.0 Å². The molecule has 2 aromatic carbocycles. The molecule has 0 radical (unpaired) electrons. The average molecular weight is 574 g/mol. The van der Waals surface area contributed by atoms with Crippen LogP contribution in [-0.4, -0.2) is 53.2 Å². The first-order valence-electron chi connectivity index (χ1n) is 13.1. The third kappa shape index (κ3) is 8.31. The summed E-state index contributed by atoms with van der Waals surface area (Å²) in [6.07, 6.45) is -0.684. The summed E-state index contributed by atoms with van der Waals surface area (Å²) < 4.78 is 17.9. The van der Waals surface area contributed by atoms with Crippen molar-refractivity contribution >= 4 is 30.8 Å². The van der Waals surface area contributed by atoms with Crippen LogP contribution in [0.25, 0.3) is 11.1 Å². The molecule has 0 amide bonds. The SMILES string of the molecule is Cc1nc(C)c([P+](O)(OC(C)C)OC(C)C)c(-c2cccc(Cl)c2)c1C(=O)OCCN(C)Cc1ccccc1. The van der Waals surface area contributed by atoms with Crippen LogP contribution in [0.3, 0.4) is 0 Å². The van der Waals surface area contributed by atoms with Crippen LogP contribution in [0, 0.1) is 13.8 Å². The van der Waals surface area contributed by atoms with Crippen molar-refractivity contribution in [1.82, 2.24) is 9.88 Å². The zero-order chi connectivity index (χ0) is 28.7. The Morgan fingerprint density at radius 2 is 1.64 bits per heavy atom. The molecule has 1 N–H and O–H groups in total. The summed E-state index contributed by atoms with van der Waals surface area (Å²) in [6.45, 7) is 12.3. The molecule has 0 aliphatic rings. The van der Waals surface area contributed by atoms with E-state index in [0.717, 1.165) is 6.54 Å². The minimum Gasteiger partial charge on any atom is -0.461 e. The Balaban J connectivity index is 2.04. The monoisotopic (exact) mass is 573 g/mol. The number of ether oxygens (including phenoxy) is 1. The van der Waals surface area contributed by atoms with Crippen molar-refractivity contribution in [2.45, 2.75) is 60.3 Å². The lowest BCUT2D eigenvalue weighted by Crippen LogP contribution is -2.30. The van der Waals surface area contributed by atoms with Gasteiger partial charge in [-0.2, -0.15) is 13.9 Å². The van der Waals surface area contributed by atoms with E-state index in [4.69, 9.17) is 25.4 Å². The van der Waals surface area contributed by atoms with Gasteiger partial charge in [0, 0.05) is 18.1 Å². The highest BCUT2D eigenvalue weighted by Crippen LogP contribution is 2.60. The molecule has 39 heavy (non-hydrogen) atoms. The van der Waals surface area contributed by atoms with Crippen molar-refractivity contribution in [2.75, 3.05) is 20.2 Å². The van der Waals surface area contributed by atoms with E-state index in [1.54, 1.807) is 32.0 Å². The molecule has 3 rings (SSSR count). The lowest BCUT2D eigenvalue weighted by Gasteiger charge is -2.25. The van der Waals surface area contributed by atoms with E-state index in [-0.39, 0.29) is 24.4 Å². The first-order valence-corrected chi connectivity index (χ1v) is 15.0. The molecule has 1 aromatic heterocycles. The maximum absolute atomic E-state index is 13.7. The fourth-order valence-electron chi connectivity index (χ4n) is 4.40. The van der Waals surface area contributed by atoms with Crippen molar-refractivity contribution in [3.8, 4) is 11.1 Å². The third-order valence-corrected chi connectivity index (χ3v) is 8.60. The minimum absolute atomic E-state index is 0.185. The van der Waals surface area contributed by atoms with Crippen molar-refractivity contribution in [3.05, 3.63) is 82.1 Å². The van der Waals surface area contributed by atoms with Gasteiger partial charge in [-0.15, -0.1) is 0 Å².